The summed E-state index contributed by atoms with van der Waals surface area (Å²) in [4.78, 5) is 47.3. The first-order valence-electron chi connectivity index (χ1n) is 10.3. The molecule has 0 saturated carbocycles. The van der Waals surface area contributed by atoms with Crippen LogP contribution in [0.1, 0.15) is 52.4 Å². The minimum Gasteiger partial charge on any atom is -0.549 e. The molecule has 0 fully saturated rings. The Bertz CT molecular complexity index is 569. The van der Waals surface area contributed by atoms with Crippen LogP contribution in [-0.2, 0) is 38.1 Å². The molecule has 0 amide bonds. The first-order chi connectivity index (χ1) is 14.7. The third kappa shape index (κ3) is 11.5. The van der Waals surface area contributed by atoms with Gasteiger partial charge in [-0.05, 0) is 18.4 Å². The summed E-state index contributed by atoms with van der Waals surface area (Å²) in [5.74, 6) is -6.02. The van der Waals surface area contributed by atoms with Crippen molar-refractivity contribution in [3.8, 4) is 0 Å². The summed E-state index contributed by atoms with van der Waals surface area (Å²) in [5, 5.41) is 23.1. The molecule has 31 heavy (non-hydrogen) atoms. The first-order valence-corrected chi connectivity index (χ1v) is 10.3. The van der Waals surface area contributed by atoms with Gasteiger partial charge in [0.1, 0.15) is 13.2 Å². The lowest BCUT2D eigenvalue weighted by molar-refractivity contribution is -0.322. The fraction of sp³-hybridized carbons (Fsp3) is 0.714. The topological polar surface area (TPSA) is 151 Å². The lowest BCUT2D eigenvalue weighted by Crippen LogP contribution is -2.50. The molecule has 0 aromatic heterocycles. The summed E-state index contributed by atoms with van der Waals surface area (Å²) >= 11 is 0. The fourth-order valence-corrected chi connectivity index (χ4v) is 2.46. The predicted molar refractivity (Wildman–Crippen MR) is 104 cm³/mol. The number of carboxylic acid groups (broad SMARTS) is 2. The van der Waals surface area contributed by atoms with E-state index in [1.807, 2.05) is 13.8 Å². The summed E-state index contributed by atoms with van der Waals surface area (Å²) in [6.45, 7) is 7.94. The van der Waals surface area contributed by atoms with Crippen LogP contribution in [0.3, 0.4) is 0 Å². The maximum absolute atomic E-state index is 12.1. The van der Waals surface area contributed by atoms with Crippen LogP contribution in [0.5, 0.6) is 0 Å². The van der Waals surface area contributed by atoms with Crippen molar-refractivity contribution in [2.75, 3.05) is 39.6 Å². The number of unbranched alkanes of at least 4 members (excludes halogenated alkanes) is 2. The number of hydrogen-bond donors (Lipinski definition) is 0. The lowest BCUT2D eigenvalue weighted by Gasteiger charge is -2.35. The molecular formula is C21H32O10-2. The zero-order valence-corrected chi connectivity index (χ0v) is 18.3. The number of ether oxygens (including phenoxy) is 4. The molecule has 0 N–H and O–H groups in total. The van der Waals surface area contributed by atoms with Crippen molar-refractivity contribution in [3.05, 3.63) is 12.2 Å². The Hall–Kier alpha value is -2.46. The molecule has 0 bridgehead atoms. The molecule has 0 atom stereocenters. The highest BCUT2D eigenvalue weighted by Gasteiger charge is 2.41. The molecule has 0 aromatic carbocycles. The van der Waals surface area contributed by atoms with Crippen LogP contribution < -0.4 is 10.2 Å². The van der Waals surface area contributed by atoms with E-state index in [1.54, 1.807) is 0 Å². The van der Waals surface area contributed by atoms with E-state index in [4.69, 9.17) is 18.9 Å². The van der Waals surface area contributed by atoms with Crippen LogP contribution >= 0.6 is 0 Å². The second kappa shape index (κ2) is 16.3. The number of carbonyl (C=O) groups is 4. The van der Waals surface area contributed by atoms with Gasteiger partial charge in [0.25, 0.3) is 0 Å². The minimum atomic E-state index is -2.57. The molecule has 0 aliphatic carbocycles. The number of esters is 2. The Morgan fingerprint density at radius 3 is 1.48 bits per heavy atom. The van der Waals surface area contributed by atoms with Gasteiger partial charge in [0.2, 0.25) is 0 Å². The van der Waals surface area contributed by atoms with Crippen molar-refractivity contribution in [2.45, 2.75) is 52.4 Å². The third-order valence-electron chi connectivity index (χ3n) is 4.37. The number of hydrogen-bond acceptors (Lipinski definition) is 10. The van der Waals surface area contributed by atoms with Gasteiger partial charge in [-0.3, -0.25) is 9.59 Å². The van der Waals surface area contributed by atoms with Crippen molar-refractivity contribution in [3.63, 3.8) is 0 Å². The van der Waals surface area contributed by atoms with E-state index in [1.165, 1.54) is 0 Å². The highest BCUT2D eigenvalue weighted by Crippen LogP contribution is 2.35. The number of carboxylic acids is 2. The Morgan fingerprint density at radius 2 is 1.16 bits per heavy atom. The highest BCUT2D eigenvalue weighted by molar-refractivity contribution is 5.99. The summed E-state index contributed by atoms with van der Waals surface area (Å²) in [5.41, 5.74) is -3.56. The molecule has 10 heteroatoms. The van der Waals surface area contributed by atoms with E-state index in [-0.39, 0.29) is 26.4 Å². The van der Waals surface area contributed by atoms with Crippen LogP contribution in [0.2, 0.25) is 0 Å². The average Bonchev–Trinajstić information content (AvgIpc) is 2.71. The van der Waals surface area contributed by atoms with Crippen molar-refractivity contribution in [1.82, 2.24) is 0 Å². The Labute approximate surface area is 182 Å². The third-order valence-corrected chi connectivity index (χ3v) is 4.37. The van der Waals surface area contributed by atoms with Gasteiger partial charge in [-0.15, -0.1) is 0 Å². The smallest absolute Gasteiger partial charge is 0.307 e. The average molecular weight is 444 g/mol. The van der Waals surface area contributed by atoms with Crippen LogP contribution in [-0.4, -0.2) is 63.5 Å². The molecule has 0 heterocycles. The lowest BCUT2D eigenvalue weighted by atomic mass is 9.75. The summed E-state index contributed by atoms with van der Waals surface area (Å²) in [6, 6.07) is 0. The van der Waals surface area contributed by atoms with Gasteiger partial charge in [-0.1, -0.05) is 33.3 Å². The second-order valence-electron chi connectivity index (χ2n) is 6.86. The zero-order chi connectivity index (χ0) is 23.7. The van der Waals surface area contributed by atoms with Crippen LogP contribution in [0.15, 0.2) is 12.2 Å². The number of rotatable bonds is 19. The fourth-order valence-electron chi connectivity index (χ4n) is 2.46. The second-order valence-corrected chi connectivity index (χ2v) is 6.86. The zero-order valence-electron chi connectivity index (χ0n) is 18.3. The van der Waals surface area contributed by atoms with Gasteiger partial charge < -0.3 is 38.7 Å². The van der Waals surface area contributed by atoms with Gasteiger partial charge >= 0.3 is 11.9 Å². The van der Waals surface area contributed by atoms with Gasteiger partial charge in [0, 0.05) is 13.2 Å². The monoisotopic (exact) mass is 444 g/mol. The molecule has 0 radical (unpaired) electrons. The van der Waals surface area contributed by atoms with E-state index in [2.05, 4.69) is 6.58 Å². The van der Waals surface area contributed by atoms with E-state index < -0.39 is 47.7 Å². The predicted octanol–water partition coefficient (Wildman–Crippen LogP) is -0.471. The Kier molecular flexibility index (Phi) is 15.0. The van der Waals surface area contributed by atoms with E-state index in [0.29, 0.717) is 13.2 Å². The summed E-state index contributed by atoms with van der Waals surface area (Å²) in [6.07, 6.45) is 1.55. The molecule has 0 aliphatic rings. The van der Waals surface area contributed by atoms with Crippen LogP contribution in [0, 0.1) is 5.41 Å². The minimum absolute atomic E-state index is 0.0889. The van der Waals surface area contributed by atoms with Crippen LogP contribution in [0.25, 0.3) is 0 Å². The van der Waals surface area contributed by atoms with Gasteiger partial charge in [-0.25, -0.2) is 0 Å². The summed E-state index contributed by atoms with van der Waals surface area (Å²) in [7, 11) is 0. The molecule has 10 nitrogen and oxygen atoms in total. The maximum atomic E-state index is 12.1. The number of aliphatic carboxylic acids is 2. The van der Waals surface area contributed by atoms with Crippen molar-refractivity contribution in [2.24, 2.45) is 5.41 Å². The molecule has 0 spiro atoms. The molecular weight excluding hydrogens is 412 g/mol. The molecule has 178 valence electrons. The quantitative estimate of drug-likeness (QED) is 0.145. The molecule has 0 aliphatic heterocycles. The largest absolute Gasteiger partial charge is 0.549 e. The highest BCUT2D eigenvalue weighted by atomic mass is 16.6. The van der Waals surface area contributed by atoms with E-state index >= 15 is 0 Å². The Balaban J connectivity index is 4.96. The van der Waals surface area contributed by atoms with E-state index in [9.17, 15) is 29.4 Å². The van der Waals surface area contributed by atoms with Gasteiger partial charge in [-0.2, -0.15) is 0 Å². The van der Waals surface area contributed by atoms with E-state index in [0.717, 1.165) is 25.7 Å². The molecule has 0 saturated heterocycles. The molecule has 0 aromatic rings. The van der Waals surface area contributed by atoms with Gasteiger partial charge in [0.05, 0.1) is 43.4 Å². The van der Waals surface area contributed by atoms with Crippen molar-refractivity contribution in [1.29, 1.82) is 0 Å². The van der Waals surface area contributed by atoms with Gasteiger partial charge in [0.15, 0.2) is 0 Å². The van der Waals surface area contributed by atoms with Crippen molar-refractivity contribution < 1.29 is 48.3 Å². The standard InChI is InChI=1S/C21H34O10/c1-4-6-8-28-10-12-30-17(22)14-21(20(26)27,16(3)19(24)25)15-18(23)31-13-11-29-9-7-5-2/h3-15H2,1-2H3,(H,24,25)(H,26,27)/p-2. The van der Waals surface area contributed by atoms with Crippen LogP contribution in [0.4, 0.5) is 0 Å². The SMILES string of the molecule is C=C(C(=O)[O-])C(CC(=O)OCCOCCCC)(CC(=O)OCCOCCCC)C(=O)[O-]. The van der Waals surface area contributed by atoms with Crippen molar-refractivity contribution >= 4 is 23.9 Å². The molecule has 0 unspecified atom stereocenters. The normalized spacial score (nSPS) is 11.0. The maximum Gasteiger partial charge on any atom is 0.307 e. The Morgan fingerprint density at radius 1 is 0.742 bits per heavy atom. The molecule has 0 rings (SSSR count). The first kappa shape index (κ1) is 28.5. The summed E-state index contributed by atoms with van der Waals surface area (Å²) < 4.78 is 20.2. The number of carbonyl (C=O) groups excluding carboxylic acids is 4.